The molecule has 3 aliphatic rings. The molecular formula is C33H44ClN3O4. The molecule has 2 aliphatic heterocycles. The molecule has 2 aromatic rings. The lowest BCUT2D eigenvalue weighted by Gasteiger charge is -2.33. The minimum absolute atomic E-state index is 0.0262. The minimum Gasteiger partial charge on any atom is -0.486 e. The molecule has 222 valence electrons. The molecule has 0 radical (unpaired) electrons. The number of para-hydroxylation sites is 1. The van der Waals surface area contributed by atoms with E-state index in [0.29, 0.717) is 55.4 Å². The molecule has 0 bridgehead atoms. The van der Waals surface area contributed by atoms with Crippen molar-refractivity contribution in [2.45, 2.75) is 78.3 Å². The minimum atomic E-state index is 0.0262. The highest BCUT2D eigenvalue weighted by Gasteiger charge is 2.30. The monoisotopic (exact) mass is 581 g/mol. The molecular weight excluding hydrogens is 538 g/mol. The fraction of sp³-hybridized carbons (Fsp3) is 0.576. The van der Waals surface area contributed by atoms with E-state index in [9.17, 15) is 9.59 Å². The Hall–Kier alpha value is -2.77. The van der Waals surface area contributed by atoms with Crippen molar-refractivity contribution in [3.05, 3.63) is 52.0 Å². The zero-order valence-corrected chi connectivity index (χ0v) is 25.5. The van der Waals surface area contributed by atoms with Crippen LogP contribution in [0.4, 0.5) is 5.69 Å². The van der Waals surface area contributed by atoms with Crippen molar-refractivity contribution < 1.29 is 19.1 Å². The number of fused-ring (bicyclic) bond motifs is 2. The van der Waals surface area contributed by atoms with Crippen LogP contribution in [0, 0.1) is 12.8 Å². The normalized spacial score (nSPS) is 19.0. The van der Waals surface area contributed by atoms with Crippen LogP contribution in [0.5, 0.6) is 11.5 Å². The number of benzene rings is 2. The average Bonchev–Trinajstić information content (AvgIpc) is 3.00. The number of halogens is 1. The summed E-state index contributed by atoms with van der Waals surface area (Å²) in [5, 5.41) is 0.464. The molecule has 0 atom stereocenters. The van der Waals surface area contributed by atoms with E-state index >= 15 is 0 Å². The van der Waals surface area contributed by atoms with E-state index in [-0.39, 0.29) is 24.2 Å². The molecule has 0 spiro atoms. The molecule has 8 heteroatoms. The highest BCUT2D eigenvalue weighted by Crippen LogP contribution is 2.39. The molecule has 7 nitrogen and oxygen atoms in total. The van der Waals surface area contributed by atoms with Crippen LogP contribution in [0.25, 0.3) is 0 Å². The van der Waals surface area contributed by atoms with Crippen LogP contribution >= 0.6 is 11.6 Å². The molecule has 1 aliphatic carbocycles. The first-order valence-corrected chi connectivity index (χ1v) is 15.7. The molecule has 41 heavy (non-hydrogen) atoms. The van der Waals surface area contributed by atoms with Crippen molar-refractivity contribution in [2.75, 3.05) is 44.3 Å². The number of hydrogen-bond donors (Lipinski definition) is 0. The van der Waals surface area contributed by atoms with Gasteiger partial charge in [-0.2, -0.15) is 0 Å². The largest absolute Gasteiger partial charge is 0.486 e. The molecule has 5 rings (SSSR count). The van der Waals surface area contributed by atoms with Gasteiger partial charge in [-0.05, 0) is 68.9 Å². The number of nitrogens with zero attached hydrogens (tertiary/aromatic N) is 3. The van der Waals surface area contributed by atoms with E-state index in [2.05, 4.69) is 42.7 Å². The molecule has 0 unspecified atom stereocenters. The summed E-state index contributed by atoms with van der Waals surface area (Å²) in [5.74, 6) is 1.50. The summed E-state index contributed by atoms with van der Waals surface area (Å²) < 4.78 is 11.4. The summed E-state index contributed by atoms with van der Waals surface area (Å²) in [6.07, 6.45) is 6.51. The van der Waals surface area contributed by atoms with Gasteiger partial charge in [0, 0.05) is 44.7 Å². The number of carbonyl (C=O) groups excluding carboxylic acids is 2. The molecule has 2 aromatic carbocycles. The second-order valence-corrected chi connectivity index (χ2v) is 12.4. The topological polar surface area (TPSA) is 62.3 Å². The lowest BCUT2D eigenvalue weighted by Crippen LogP contribution is -2.42. The van der Waals surface area contributed by atoms with Gasteiger partial charge >= 0.3 is 0 Å². The van der Waals surface area contributed by atoms with E-state index in [1.807, 2.05) is 23.1 Å². The summed E-state index contributed by atoms with van der Waals surface area (Å²) >= 11 is 6.50. The highest BCUT2D eigenvalue weighted by atomic mass is 35.5. The molecule has 0 aromatic heterocycles. The van der Waals surface area contributed by atoms with Crippen LogP contribution < -0.4 is 14.4 Å². The zero-order chi connectivity index (χ0) is 28.9. The summed E-state index contributed by atoms with van der Waals surface area (Å²) in [7, 11) is 0. The second-order valence-electron chi connectivity index (χ2n) is 12.0. The second kappa shape index (κ2) is 13.5. The molecule has 0 saturated heterocycles. The number of rotatable bonds is 4. The van der Waals surface area contributed by atoms with Crippen molar-refractivity contribution in [2.24, 2.45) is 5.92 Å². The quantitative estimate of drug-likeness (QED) is 0.442. The number of anilines is 1. The van der Waals surface area contributed by atoms with Crippen LogP contribution in [0.15, 0.2) is 30.3 Å². The zero-order valence-electron chi connectivity index (χ0n) is 24.8. The van der Waals surface area contributed by atoms with Crippen molar-refractivity contribution in [1.82, 2.24) is 9.80 Å². The highest BCUT2D eigenvalue weighted by molar-refractivity contribution is 6.32. The Morgan fingerprint density at radius 1 is 0.976 bits per heavy atom. The fourth-order valence-electron chi connectivity index (χ4n) is 6.50. The summed E-state index contributed by atoms with van der Waals surface area (Å²) in [4.78, 5) is 34.4. The molecule has 2 amide bonds. The summed E-state index contributed by atoms with van der Waals surface area (Å²) in [5.41, 5.74) is 3.90. The molecule has 2 heterocycles. The van der Waals surface area contributed by atoms with E-state index in [1.54, 1.807) is 0 Å². The van der Waals surface area contributed by atoms with Crippen LogP contribution in [0.1, 0.15) is 69.1 Å². The van der Waals surface area contributed by atoms with Crippen molar-refractivity contribution >= 4 is 29.1 Å². The third-order valence-corrected chi connectivity index (χ3v) is 9.03. The third kappa shape index (κ3) is 7.00. The van der Waals surface area contributed by atoms with E-state index in [1.165, 1.54) is 6.42 Å². The fourth-order valence-corrected chi connectivity index (χ4v) is 6.78. The van der Waals surface area contributed by atoms with Crippen LogP contribution in [0.3, 0.4) is 0 Å². The maximum Gasteiger partial charge on any atom is 0.230 e. The van der Waals surface area contributed by atoms with Crippen LogP contribution in [-0.4, -0.2) is 67.0 Å². The smallest absolute Gasteiger partial charge is 0.230 e. The Kier molecular flexibility index (Phi) is 9.76. The molecule has 0 N–H and O–H groups in total. The van der Waals surface area contributed by atoms with Crippen LogP contribution in [-0.2, 0) is 22.6 Å². The van der Waals surface area contributed by atoms with Gasteiger partial charge in [0.1, 0.15) is 13.2 Å². The predicted molar refractivity (Wildman–Crippen MR) is 163 cm³/mol. The van der Waals surface area contributed by atoms with Gasteiger partial charge in [-0.1, -0.05) is 49.1 Å². The first kappa shape index (κ1) is 29.7. The number of aryl methyl sites for hydroxylation is 1. The van der Waals surface area contributed by atoms with Gasteiger partial charge in [-0.3, -0.25) is 14.5 Å². The Morgan fingerprint density at radius 3 is 2.54 bits per heavy atom. The number of hydrogen-bond acceptors (Lipinski definition) is 5. The van der Waals surface area contributed by atoms with Gasteiger partial charge in [0.15, 0.2) is 11.5 Å². The maximum absolute atomic E-state index is 14.0. The predicted octanol–water partition coefficient (Wildman–Crippen LogP) is 6.02. The lowest BCUT2D eigenvalue weighted by atomic mass is 9.87. The van der Waals surface area contributed by atoms with E-state index in [0.717, 1.165) is 67.6 Å². The molecule has 1 saturated carbocycles. The van der Waals surface area contributed by atoms with Gasteiger partial charge in [0.25, 0.3) is 0 Å². The Labute approximate surface area is 249 Å². The van der Waals surface area contributed by atoms with Crippen LogP contribution in [0.2, 0.25) is 5.02 Å². The Morgan fingerprint density at radius 2 is 1.76 bits per heavy atom. The third-order valence-electron chi connectivity index (χ3n) is 8.75. The van der Waals surface area contributed by atoms with Gasteiger partial charge in [-0.25, -0.2) is 0 Å². The van der Waals surface area contributed by atoms with Crippen molar-refractivity contribution in [3.63, 3.8) is 0 Å². The number of carbonyl (C=O) groups is 2. The summed E-state index contributed by atoms with van der Waals surface area (Å²) in [6, 6.07) is 10.2. The standard InChI is InChI=1S/C33H44ClN3O4/c1-23(2)35-13-8-14-37(33(39)26-10-5-4-6-11-26)31-24(3)9-7-12-27(31)22-36(16-15-35)30(38)21-25-19-28(34)32-29(20-25)40-17-18-41-32/h7,9,12,19-20,23,26H,4-6,8,10-11,13-18,21-22H2,1-3H3. The van der Waals surface area contributed by atoms with E-state index in [4.69, 9.17) is 21.1 Å². The molecule has 1 fully saturated rings. The first-order chi connectivity index (χ1) is 19.8. The summed E-state index contributed by atoms with van der Waals surface area (Å²) in [6.45, 7) is 10.8. The number of amides is 2. The van der Waals surface area contributed by atoms with Crippen molar-refractivity contribution in [1.29, 1.82) is 0 Å². The van der Waals surface area contributed by atoms with Gasteiger partial charge in [0.05, 0.1) is 17.1 Å². The Balaban J connectivity index is 1.46. The maximum atomic E-state index is 14.0. The van der Waals surface area contributed by atoms with E-state index < -0.39 is 0 Å². The Bertz CT molecular complexity index is 1240. The van der Waals surface area contributed by atoms with Crippen molar-refractivity contribution in [3.8, 4) is 11.5 Å². The van der Waals surface area contributed by atoms with Gasteiger partial charge in [-0.15, -0.1) is 0 Å². The van der Waals surface area contributed by atoms with Gasteiger partial charge in [0.2, 0.25) is 11.8 Å². The van der Waals surface area contributed by atoms with Gasteiger partial charge < -0.3 is 19.3 Å². The SMILES string of the molecule is Cc1cccc2c1N(C(=O)C1CCCCC1)CCCN(C(C)C)CCN(C(=O)Cc1cc(Cl)c3c(c1)OCCO3)C2. The first-order valence-electron chi connectivity index (χ1n) is 15.3. The number of ether oxygens (including phenoxy) is 2. The average molecular weight is 582 g/mol. The lowest BCUT2D eigenvalue weighted by molar-refractivity contribution is -0.131.